The van der Waals surface area contributed by atoms with Crippen molar-refractivity contribution in [2.24, 2.45) is 0 Å². The van der Waals surface area contributed by atoms with Gasteiger partial charge in [0, 0.05) is 54.9 Å². The molecule has 1 aliphatic heterocycles. The highest BCUT2D eigenvalue weighted by Crippen LogP contribution is 2.20. The van der Waals surface area contributed by atoms with Gasteiger partial charge in [-0.1, -0.05) is 5.16 Å². The molecule has 4 rings (SSSR count). The molecule has 1 fully saturated rings. The molecule has 0 aromatic carbocycles. The molecule has 1 aliphatic rings. The molecule has 0 atom stereocenters. The Kier molecular flexibility index (Phi) is 4.88. The topological polar surface area (TPSA) is 117 Å². The summed E-state index contributed by atoms with van der Waals surface area (Å²) in [6.45, 7) is 3.18. The number of nitrogens with one attached hydrogen (secondary N) is 2. The third-order valence-electron chi connectivity index (χ3n) is 4.68. The van der Waals surface area contributed by atoms with Crippen molar-refractivity contribution in [3.8, 4) is 11.3 Å². The van der Waals surface area contributed by atoms with E-state index in [2.05, 4.69) is 25.4 Å². The Hall–Kier alpha value is -3.49. The Bertz CT molecular complexity index is 1020. The zero-order chi connectivity index (χ0) is 19.5. The standard InChI is InChI=1S/C19H20N6O3/c1-12-9-17(26)23-19(21-12)25-7-4-14(5-8-25)22-18(27)15-10-16(28-24-15)13-3-2-6-20-11-13/h2-3,6,9-11,14H,4-5,7-8H2,1H3,(H,22,27)(H,21,23,26). The number of piperidine rings is 1. The molecule has 2 N–H and O–H groups in total. The van der Waals surface area contributed by atoms with Gasteiger partial charge in [0.2, 0.25) is 5.95 Å². The number of aryl methyl sites for hydroxylation is 1. The van der Waals surface area contributed by atoms with Gasteiger partial charge < -0.3 is 14.7 Å². The molecule has 144 valence electrons. The molecule has 9 nitrogen and oxygen atoms in total. The Morgan fingerprint density at radius 1 is 1.32 bits per heavy atom. The van der Waals surface area contributed by atoms with E-state index < -0.39 is 0 Å². The zero-order valence-electron chi connectivity index (χ0n) is 15.4. The number of nitrogens with zero attached hydrogens (tertiary/aromatic N) is 4. The van der Waals surface area contributed by atoms with Crippen molar-refractivity contribution in [3.63, 3.8) is 0 Å². The van der Waals surface area contributed by atoms with Crippen LogP contribution in [0, 0.1) is 6.92 Å². The van der Waals surface area contributed by atoms with E-state index in [0.29, 0.717) is 30.5 Å². The number of aromatic amines is 1. The molecule has 0 spiro atoms. The van der Waals surface area contributed by atoms with Gasteiger partial charge in [-0.3, -0.25) is 19.6 Å². The Balaban J connectivity index is 1.35. The molecule has 28 heavy (non-hydrogen) atoms. The van der Waals surface area contributed by atoms with E-state index >= 15 is 0 Å². The van der Waals surface area contributed by atoms with Crippen molar-refractivity contribution in [2.75, 3.05) is 18.0 Å². The zero-order valence-corrected chi connectivity index (χ0v) is 15.4. The van der Waals surface area contributed by atoms with Crippen LogP contribution >= 0.6 is 0 Å². The molecule has 0 unspecified atom stereocenters. The number of anilines is 1. The SMILES string of the molecule is Cc1cc(=O)[nH]c(N2CCC(NC(=O)c3cc(-c4cccnc4)on3)CC2)n1. The maximum absolute atomic E-state index is 12.5. The monoisotopic (exact) mass is 380 g/mol. The largest absolute Gasteiger partial charge is 0.355 e. The average Bonchev–Trinajstić information content (AvgIpc) is 3.19. The second-order valence-electron chi connectivity index (χ2n) is 6.76. The van der Waals surface area contributed by atoms with Crippen LogP contribution in [-0.2, 0) is 0 Å². The van der Waals surface area contributed by atoms with Crippen molar-refractivity contribution in [2.45, 2.75) is 25.8 Å². The van der Waals surface area contributed by atoms with Gasteiger partial charge in [0.05, 0.1) is 0 Å². The second kappa shape index (κ2) is 7.63. The maximum atomic E-state index is 12.5. The summed E-state index contributed by atoms with van der Waals surface area (Å²) in [5.74, 6) is 0.814. The first kappa shape index (κ1) is 17.9. The van der Waals surface area contributed by atoms with Crippen molar-refractivity contribution in [1.29, 1.82) is 0 Å². The lowest BCUT2D eigenvalue weighted by Gasteiger charge is -2.32. The third kappa shape index (κ3) is 3.93. The first-order chi connectivity index (χ1) is 13.6. The van der Waals surface area contributed by atoms with E-state index in [1.807, 2.05) is 11.0 Å². The maximum Gasteiger partial charge on any atom is 0.273 e. The fourth-order valence-corrected chi connectivity index (χ4v) is 3.23. The van der Waals surface area contributed by atoms with Crippen molar-refractivity contribution < 1.29 is 9.32 Å². The third-order valence-corrected chi connectivity index (χ3v) is 4.68. The summed E-state index contributed by atoms with van der Waals surface area (Å²) in [4.78, 5) is 37.3. The highest BCUT2D eigenvalue weighted by molar-refractivity contribution is 5.93. The Labute approximate surface area is 160 Å². The first-order valence-corrected chi connectivity index (χ1v) is 9.09. The summed E-state index contributed by atoms with van der Waals surface area (Å²) in [5.41, 5.74) is 1.53. The minimum absolute atomic E-state index is 0.0267. The van der Waals surface area contributed by atoms with Crippen LogP contribution in [0.5, 0.6) is 0 Å². The highest BCUT2D eigenvalue weighted by Gasteiger charge is 2.24. The minimum Gasteiger partial charge on any atom is -0.355 e. The lowest BCUT2D eigenvalue weighted by Crippen LogP contribution is -2.45. The Morgan fingerprint density at radius 3 is 2.86 bits per heavy atom. The first-order valence-electron chi connectivity index (χ1n) is 9.09. The lowest BCUT2D eigenvalue weighted by molar-refractivity contribution is 0.0922. The minimum atomic E-state index is -0.264. The van der Waals surface area contributed by atoms with E-state index in [1.165, 1.54) is 6.07 Å². The summed E-state index contributed by atoms with van der Waals surface area (Å²) in [6, 6.07) is 6.74. The lowest BCUT2D eigenvalue weighted by atomic mass is 10.1. The fraction of sp³-hybridized carbons (Fsp3) is 0.316. The fourth-order valence-electron chi connectivity index (χ4n) is 3.23. The molecule has 0 aliphatic carbocycles. The van der Waals surface area contributed by atoms with Crippen LogP contribution in [0.15, 0.2) is 46.0 Å². The smallest absolute Gasteiger partial charge is 0.273 e. The quantitative estimate of drug-likeness (QED) is 0.705. The number of carbonyl (C=O) groups excluding carboxylic acids is 1. The predicted octanol–water partition coefficient (Wildman–Crippen LogP) is 1.53. The van der Waals surface area contributed by atoms with Crippen LogP contribution in [0.3, 0.4) is 0 Å². The van der Waals surface area contributed by atoms with Crippen molar-refractivity contribution in [1.82, 2.24) is 25.4 Å². The number of aromatic nitrogens is 4. The molecule has 0 saturated carbocycles. The van der Waals surface area contributed by atoms with Gasteiger partial charge in [0.25, 0.3) is 11.5 Å². The number of hydrogen-bond donors (Lipinski definition) is 2. The molecule has 9 heteroatoms. The van der Waals surface area contributed by atoms with Crippen LogP contribution in [-0.4, -0.2) is 45.1 Å². The van der Waals surface area contributed by atoms with Crippen molar-refractivity contribution in [3.05, 3.63) is 58.4 Å². The van der Waals surface area contributed by atoms with Crippen LogP contribution in [0.4, 0.5) is 5.95 Å². The van der Waals surface area contributed by atoms with Crippen LogP contribution < -0.4 is 15.8 Å². The number of rotatable bonds is 4. The van der Waals surface area contributed by atoms with Gasteiger partial charge in [-0.25, -0.2) is 4.98 Å². The number of hydrogen-bond acceptors (Lipinski definition) is 7. The van der Waals surface area contributed by atoms with Gasteiger partial charge in [0.15, 0.2) is 11.5 Å². The van der Waals surface area contributed by atoms with E-state index in [9.17, 15) is 9.59 Å². The van der Waals surface area contributed by atoms with Gasteiger partial charge in [-0.05, 0) is 31.9 Å². The number of amides is 1. The number of pyridine rings is 1. The van der Waals surface area contributed by atoms with Gasteiger partial charge in [-0.15, -0.1) is 0 Å². The predicted molar refractivity (Wildman–Crippen MR) is 102 cm³/mol. The van der Waals surface area contributed by atoms with E-state index in [1.54, 1.807) is 31.5 Å². The summed E-state index contributed by atoms with van der Waals surface area (Å²) in [5, 5.41) is 6.86. The van der Waals surface area contributed by atoms with E-state index in [-0.39, 0.29) is 23.2 Å². The molecular weight excluding hydrogens is 360 g/mol. The van der Waals surface area contributed by atoms with Crippen molar-refractivity contribution >= 4 is 11.9 Å². The van der Waals surface area contributed by atoms with Crippen LogP contribution in [0.2, 0.25) is 0 Å². The number of H-pyrrole nitrogens is 1. The van der Waals surface area contributed by atoms with Gasteiger partial charge in [0.1, 0.15) is 0 Å². The summed E-state index contributed by atoms with van der Waals surface area (Å²) >= 11 is 0. The number of carbonyl (C=O) groups is 1. The molecule has 4 heterocycles. The molecule has 3 aromatic heterocycles. The van der Waals surface area contributed by atoms with Crippen LogP contribution in [0.25, 0.3) is 11.3 Å². The normalized spacial score (nSPS) is 14.8. The molecule has 1 saturated heterocycles. The second-order valence-corrected chi connectivity index (χ2v) is 6.76. The molecule has 1 amide bonds. The van der Waals surface area contributed by atoms with Crippen LogP contribution in [0.1, 0.15) is 29.0 Å². The molecular formula is C19H20N6O3. The van der Waals surface area contributed by atoms with E-state index in [0.717, 1.165) is 18.4 Å². The van der Waals surface area contributed by atoms with Gasteiger partial charge >= 0.3 is 0 Å². The van der Waals surface area contributed by atoms with Gasteiger partial charge in [-0.2, -0.15) is 0 Å². The summed E-state index contributed by atoms with van der Waals surface area (Å²) < 4.78 is 5.26. The molecule has 3 aromatic rings. The highest BCUT2D eigenvalue weighted by atomic mass is 16.5. The van der Waals surface area contributed by atoms with E-state index in [4.69, 9.17) is 4.52 Å². The summed E-state index contributed by atoms with van der Waals surface area (Å²) in [7, 11) is 0. The molecule has 0 radical (unpaired) electrons. The summed E-state index contributed by atoms with van der Waals surface area (Å²) in [6.07, 6.45) is 4.82. The molecule has 0 bridgehead atoms. The average molecular weight is 380 g/mol. The Morgan fingerprint density at radius 2 is 2.14 bits per heavy atom.